The second-order valence-electron chi connectivity index (χ2n) is 4.45. The van der Waals surface area contributed by atoms with Gasteiger partial charge >= 0.3 is 6.18 Å². The predicted molar refractivity (Wildman–Crippen MR) is 68.5 cm³/mol. The van der Waals surface area contributed by atoms with Crippen molar-refractivity contribution in [3.63, 3.8) is 0 Å². The van der Waals surface area contributed by atoms with Gasteiger partial charge in [0.2, 0.25) is 5.56 Å². The van der Waals surface area contributed by atoms with Crippen molar-refractivity contribution in [2.45, 2.75) is 38.9 Å². The lowest BCUT2D eigenvalue weighted by Gasteiger charge is -2.31. The van der Waals surface area contributed by atoms with Crippen LogP contribution in [-0.4, -0.2) is 34.6 Å². The fourth-order valence-corrected chi connectivity index (χ4v) is 2.02. The quantitative estimate of drug-likeness (QED) is 0.906. The average molecular weight is 290 g/mol. The first kappa shape index (κ1) is 16.3. The Balaban J connectivity index is 3.09. The molecule has 0 saturated heterocycles. The Bertz CT molecular complexity index is 507. The minimum Gasteiger partial charge on any atom is -0.325 e. The SMILES string of the molecule is CCC(CC)N(CC(F)(F)F)C(=O)c1cccc(=O)[nH]1. The molecule has 0 saturated carbocycles. The first-order valence-corrected chi connectivity index (χ1v) is 6.35. The number of halogens is 3. The minimum absolute atomic E-state index is 0.131. The molecule has 0 radical (unpaired) electrons. The van der Waals surface area contributed by atoms with E-state index in [9.17, 15) is 22.8 Å². The number of carbonyl (C=O) groups is 1. The molecule has 1 N–H and O–H groups in total. The normalized spacial score (nSPS) is 11.7. The third-order valence-corrected chi connectivity index (χ3v) is 2.99. The lowest BCUT2D eigenvalue weighted by atomic mass is 10.1. The van der Waals surface area contributed by atoms with Crippen LogP contribution in [0.1, 0.15) is 37.2 Å². The summed E-state index contributed by atoms with van der Waals surface area (Å²) in [5, 5.41) is 0. The van der Waals surface area contributed by atoms with E-state index < -0.39 is 30.2 Å². The van der Waals surface area contributed by atoms with Gasteiger partial charge in [0.1, 0.15) is 12.2 Å². The second-order valence-corrected chi connectivity index (χ2v) is 4.45. The molecule has 1 aromatic heterocycles. The molecule has 0 unspecified atom stereocenters. The minimum atomic E-state index is -4.48. The molecular weight excluding hydrogens is 273 g/mol. The maximum Gasteiger partial charge on any atom is 0.406 e. The van der Waals surface area contributed by atoms with E-state index in [1.165, 1.54) is 18.2 Å². The van der Waals surface area contributed by atoms with Crippen LogP contribution in [0.2, 0.25) is 0 Å². The molecule has 0 aromatic carbocycles. The Morgan fingerprint density at radius 1 is 1.30 bits per heavy atom. The van der Waals surface area contributed by atoms with Gasteiger partial charge in [-0.3, -0.25) is 9.59 Å². The molecule has 1 heterocycles. The molecule has 1 rings (SSSR count). The van der Waals surface area contributed by atoms with Crippen molar-refractivity contribution in [2.24, 2.45) is 0 Å². The number of rotatable bonds is 5. The maximum absolute atomic E-state index is 12.6. The van der Waals surface area contributed by atoms with E-state index in [0.29, 0.717) is 12.8 Å². The molecule has 20 heavy (non-hydrogen) atoms. The van der Waals surface area contributed by atoms with Gasteiger partial charge in [-0.25, -0.2) is 0 Å². The van der Waals surface area contributed by atoms with E-state index in [-0.39, 0.29) is 5.69 Å². The smallest absolute Gasteiger partial charge is 0.325 e. The molecule has 0 atom stereocenters. The molecule has 112 valence electrons. The van der Waals surface area contributed by atoms with E-state index >= 15 is 0 Å². The molecule has 0 aliphatic carbocycles. The van der Waals surface area contributed by atoms with Gasteiger partial charge in [-0.2, -0.15) is 13.2 Å². The van der Waals surface area contributed by atoms with E-state index in [2.05, 4.69) is 4.98 Å². The van der Waals surface area contributed by atoms with Crippen molar-refractivity contribution in [3.8, 4) is 0 Å². The van der Waals surface area contributed by atoms with Crippen LogP contribution in [0.15, 0.2) is 23.0 Å². The molecular formula is C13H17F3N2O2. The zero-order chi connectivity index (χ0) is 15.3. The molecule has 0 aliphatic rings. The number of amides is 1. The highest BCUT2D eigenvalue weighted by molar-refractivity contribution is 5.92. The second kappa shape index (κ2) is 6.58. The molecule has 4 nitrogen and oxygen atoms in total. The third kappa shape index (κ3) is 4.40. The Labute approximate surface area is 114 Å². The van der Waals surface area contributed by atoms with E-state index in [1.807, 2.05) is 0 Å². The number of alkyl halides is 3. The van der Waals surface area contributed by atoms with Gasteiger partial charge in [0.05, 0.1) is 0 Å². The number of hydrogen-bond acceptors (Lipinski definition) is 2. The van der Waals surface area contributed by atoms with Crippen LogP contribution >= 0.6 is 0 Å². The number of pyridine rings is 1. The summed E-state index contributed by atoms with van der Waals surface area (Å²) in [6.45, 7) is 2.12. The van der Waals surface area contributed by atoms with Gasteiger partial charge in [0.25, 0.3) is 5.91 Å². The first-order chi connectivity index (χ1) is 9.28. The fourth-order valence-electron chi connectivity index (χ4n) is 2.02. The molecule has 0 aliphatic heterocycles. The van der Waals surface area contributed by atoms with E-state index in [0.717, 1.165) is 4.90 Å². The van der Waals surface area contributed by atoms with Crippen molar-refractivity contribution in [1.29, 1.82) is 0 Å². The molecule has 0 bridgehead atoms. The summed E-state index contributed by atoms with van der Waals surface area (Å²) in [5.41, 5.74) is -0.652. The molecule has 1 aromatic rings. The van der Waals surface area contributed by atoms with Crippen molar-refractivity contribution in [3.05, 3.63) is 34.2 Å². The molecule has 0 spiro atoms. The largest absolute Gasteiger partial charge is 0.406 e. The van der Waals surface area contributed by atoms with Crippen molar-refractivity contribution in [2.75, 3.05) is 6.54 Å². The van der Waals surface area contributed by atoms with Gasteiger partial charge in [0.15, 0.2) is 0 Å². The highest BCUT2D eigenvalue weighted by Crippen LogP contribution is 2.21. The highest BCUT2D eigenvalue weighted by Gasteiger charge is 2.36. The lowest BCUT2D eigenvalue weighted by molar-refractivity contribution is -0.145. The zero-order valence-corrected chi connectivity index (χ0v) is 11.3. The summed E-state index contributed by atoms with van der Waals surface area (Å²) in [6, 6.07) is 3.32. The fraction of sp³-hybridized carbons (Fsp3) is 0.538. The Hall–Kier alpha value is -1.79. The number of aromatic nitrogens is 1. The standard InChI is InChI=1S/C13H17F3N2O2/c1-3-9(4-2)18(8-13(14,15)16)12(20)10-6-5-7-11(19)17-10/h5-7,9H,3-4,8H2,1-2H3,(H,17,19). The van der Waals surface area contributed by atoms with Crippen LogP contribution in [-0.2, 0) is 0 Å². The van der Waals surface area contributed by atoms with Crippen LogP contribution in [0.3, 0.4) is 0 Å². The number of aromatic amines is 1. The van der Waals surface area contributed by atoms with Crippen molar-refractivity contribution < 1.29 is 18.0 Å². The van der Waals surface area contributed by atoms with Crippen LogP contribution in [0, 0.1) is 0 Å². The van der Waals surface area contributed by atoms with Crippen LogP contribution in [0.25, 0.3) is 0 Å². The third-order valence-electron chi connectivity index (χ3n) is 2.99. The molecule has 7 heteroatoms. The Morgan fingerprint density at radius 2 is 1.90 bits per heavy atom. The topological polar surface area (TPSA) is 53.2 Å². The van der Waals surface area contributed by atoms with E-state index in [4.69, 9.17) is 0 Å². The lowest BCUT2D eigenvalue weighted by Crippen LogP contribution is -2.45. The number of hydrogen-bond donors (Lipinski definition) is 1. The van der Waals surface area contributed by atoms with Gasteiger partial charge < -0.3 is 9.88 Å². The summed E-state index contributed by atoms with van der Waals surface area (Å²) in [7, 11) is 0. The monoisotopic (exact) mass is 290 g/mol. The van der Waals surface area contributed by atoms with Crippen LogP contribution in [0.5, 0.6) is 0 Å². The zero-order valence-electron chi connectivity index (χ0n) is 11.3. The molecule has 1 amide bonds. The first-order valence-electron chi connectivity index (χ1n) is 6.35. The number of carbonyl (C=O) groups excluding carboxylic acids is 1. The summed E-state index contributed by atoms with van der Waals surface area (Å²) in [4.78, 5) is 26.4. The average Bonchev–Trinajstić information content (AvgIpc) is 2.36. The van der Waals surface area contributed by atoms with Crippen molar-refractivity contribution in [1.82, 2.24) is 9.88 Å². The Kier molecular flexibility index (Phi) is 5.35. The summed E-state index contributed by atoms with van der Waals surface area (Å²) >= 11 is 0. The predicted octanol–water partition coefficient (Wildman–Crippen LogP) is 2.57. The van der Waals surface area contributed by atoms with E-state index in [1.54, 1.807) is 13.8 Å². The van der Waals surface area contributed by atoms with Gasteiger partial charge in [0, 0.05) is 12.1 Å². The Morgan fingerprint density at radius 3 is 2.35 bits per heavy atom. The number of H-pyrrole nitrogens is 1. The summed E-state index contributed by atoms with van der Waals surface area (Å²) in [5.74, 6) is -0.811. The van der Waals surface area contributed by atoms with Crippen LogP contribution in [0.4, 0.5) is 13.2 Å². The number of nitrogens with zero attached hydrogens (tertiary/aromatic N) is 1. The summed E-state index contributed by atoms with van der Waals surface area (Å²) < 4.78 is 37.9. The highest BCUT2D eigenvalue weighted by atomic mass is 19.4. The van der Waals surface area contributed by atoms with Gasteiger partial charge in [-0.05, 0) is 18.9 Å². The maximum atomic E-state index is 12.6. The van der Waals surface area contributed by atoms with Crippen molar-refractivity contribution >= 4 is 5.91 Å². The van der Waals surface area contributed by atoms with Gasteiger partial charge in [-0.15, -0.1) is 0 Å². The molecule has 0 fully saturated rings. The van der Waals surface area contributed by atoms with Crippen LogP contribution < -0.4 is 5.56 Å². The van der Waals surface area contributed by atoms with Gasteiger partial charge in [-0.1, -0.05) is 19.9 Å². The summed E-state index contributed by atoms with van der Waals surface area (Å²) in [6.07, 6.45) is -3.65. The number of nitrogens with one attached hydrogen (secondary N) is 1.